The van der Waals surface area contributed by atoms with Crippen molar-refractivity contribution >= 4 is 21.8 Å². The number of hydrogen-bond donors (Lipinski definition) is 2. The van der Waals surface area contributed by atoms with Gasteiger partial charge in [0, 0.05) is 30.5 Å². The summed E-state index contributed by atoms with van der Waals surface area (Å²) in [7, 11) is 3.60. The quantitative estimate of drug-likeness (QED) is 0.873. The summed E-state index contributed by atoms with van der Waals surface area (Å²) >= 11 is 3.45. The maximum atomic E-state index is 11.4. The van der Waals surface area contributed by atoms with E-state index in [1.807, 2.05) is 20.0 Å². The second kappa shape index (κ2) is 6.75. The minimum atomic E-state index is -0.0592. The van der Waals surface area contributed by atoms with Gasteiger partial charge in [0.05, 0.1) is 0 Å². The molecular weight excluding hydrogens is 296 g/mol. The van der Waals surface area contributed by atoms with Gasteiger partial charge >= 0.3 is 0 Å². The van der Waals surface area contributed by atoms with Gasteiger partial charge in [-0.1, -0.05) is 22.9 Å². The number of aromatic hydroxyl groups is 1. The van der Waals surface area contributed by atoms with E-state index in [0.717, 1.165) is 10.0 Å². The highest BCUT2D eigenvalue weighted by Gasteiger charge is 2.14. The van der Waals surface area contributed by atoms with Crippen LogP contribution in [0.1, 0.15) is 12.5 Å². The van der Waals surface area contributed by atoms with Crippen LogP contribution in [0, 0.1) is 5.92 Å². The van der Waals surface area contributed by atoms with Gasteiger partial charge in [-0.3, -0.25) is 4.79 Å². The molecule has 0 aliphatic rings. The molecule has 100 valence electrons. The fourth-order valence-electron chi connectivity index (χ4n) is 1.83. The molecule has 0 spiro atoms. The number of benzene rings is 1. The Balaban J connectivity index is 2.61. The largest absolute Gasteiger partial charge is 0.508 e. The predicted octanol–water partition coefficient (Wildman–Crippen LogP) is 1.97. The Kier molecular flexibility index (Phi) is 5.62. The van der Waals surface area contributed by atoms with Crippen LogP contribution in [0.2, 0.25) is 0 Å². The summed E-state index contributed by atoms with van der Waals surface area (Å²) in [6.45, 7) is 3.24. The number of phenolic OH excluding ortho intramolecular Hbond substituents is 1. The highest BCUT2D eigenvalue weighted by molar-refractivity contribution is 9.10. The van der Waals surface area contributed by atoms with E-state index in [1.165, 1.54) is 0 Å². The molecular formula is C13H19BrN2O2. The summed E-state index contributed by atoms with van der Waals surface area (Å²) < 4.78 is 0.958. The monoisotopic (exact) mass is 314 g/mol. The number of phenols is 1. The number of halogens is 1. The lowest BCUT2D eigenvalue weighted by molar-refractivity contribution is -0.124. The van der Waals surface area contributed by atoms with E-state index < -0.39 is 0 Å². The summed E-state index contributed by atoms with van der Waals surface area (Å²) in [5.74, 6) is 0.230. The Morgan fingerprint density at radius 1 is 1.56 bits per heavy atom. The third kappa shape index (κ3) is 4.31. The Labute approximate surface area is 116 Å². The molecule has 1 atom stereocenters. The van der Waals surface area contributed by atoms with Gasteiger partial charge in [0.15, 0.2) is 0 Å². The normalized spacial score (nSPS) is 12.5. The number of carbonyl (C=O) groups is 1. The van der Waals surface area contributed by atoms with E-state index in [9.17, 15) is 9.90 Å². The number of amides is 1. The smallest absolute Gasteiger partial charge is 0.223 e. The first-order valence-electron chi connectivity index (χ1n) is 5.81. The molecule has 0 bridgehead atoms. The lowest BCUT2D eigenvalue weighted by Gasteiger charge is -2.21. The zero-order valence-corrected chi connectivity index (χ0v) is 12.5. The van der Waals surface area contributed by atoms with Crippen molar-refractivity contribution in [3.8, 4) is 5.75 Å². The number of rotatable bonds is 5. The van der Waals surface area contributed by atoms with Gasteiger partial charge in [-0.15, -0.1) is 0 Å². The number of nitrogens with one attached hydrogen (secondary N) is 1. The molecule has 0 saturated heterocycles. The Morgan fingerprint density at radius 2 is 2.22 bits per heavy atom. The van der Waals surface area contributed by atoms with Crippen LogP contribution in [0.15, 0.2) is 22.7 Å². The van der Waals surface area contributed by atoms with Gasteiger partial charge in [0.1, 0.15) is 5.75 Å². The summed E-state index contributed by atoms with van der Waals surface area (Å²) in [4.78, 5) is 13.5. The Hall–Kier alpha value is -1.07. The highest BCUT2D eigenvalue weighted by atomic mass is 79.9. The lowest BCUT2D eigenvalue weighted by atomic mass is 10.1. The van der Waals surface area contributed by atoms with E-state index >= 15 is 0 Å². The first-order chi connectivity index (χ1) is 8.43. The van der Waals surface area contributed by atoms with Crippen LogP contribution >= 0.6 is 15.9 Å². The minimum absolute atomic E-state index is 0.0387. The molecule has 4 nitrogen and oxygen atoms in total. The van der Waals surface area contributed by atoms with Gasteiger partial charge in [-0.2, -0.15) is 0 Å². The lowest BCUT2D eigenvalue weighted by Crippen LogP contribution is -2.34. The molecule has 2 N–H and O–H groups in total. The van der Waals surface area contributed by atoms with Crippen molar-refractivity contribution in [2.45, 2.75) is 13.5 Å². The third-order valence-corrected chi connectivity index (χ3v) is 3.52. The molecule has 0 aliphatic carbocycles. The average Bonchev–Trinajstić information content (AvgIpc) is 2.32. The molecule has 0 heterocycles. The topological polar surface area (TPSA) is 52.6 Å². The van der Waals surface area contributed by atoms with Gasteiger partial charge in [-0.05, 0) is 30.8 Å². The van der Waals surface area contributed by atoms with Crippen LogP contribution in [0.3, 0.4) is 0 Å². The van der Waals surface area contributed by atoms with Crippen LogP contribution in [-0.2, 0) is 11.3 Å². The standard InChI is InChI=1S/C13H19BrN2O2/c1-9(13(18)15-2)7-16(3)8-10-6-11(17)4-5-12(10)14/h4-6,9,17H,7-8H2,1-3H3,(H,15,18). The average molecular weight is 315 g/mol. The molecule has 1 amide bonds. The molecule has 1 rings (SSSR count). The van der Waals surface area contributed by atoms with Crippen molar-refractivity contribution < 1.29 is 9.90 Å². The molecule has 0 radical (unpaired) electrons. The van der Waals surface area contributed by atoms with Crippen LogP contribution in [0.4, 0.5) is 0 Å². The van der Waals surface area contributed by atoms with Crippen molar-refractivity contribution in [3.05, 3.63) is 28.2 Å². The fourth-order valence-corrected chi connectivity index (χ4v) is 2.21. The molecule has 0 fully saturated rings. The highest BCUT2D eigenvalue weighted by Crippen LogP contribution is 2.22. The minimum Gasteiger partial charge on any atom is -0.508 e. The molecule has 5 heteroatoms. The van der Waals surface area contributed by atoms with Crippen LogP contribution in [0.5, 0.6) is 5.75 Å². The SMILES string of the molecule is CNC(=O)C(C)CN(C)Cc1cc(O)ccc1Br. The second-order valence-electron chi connectivity index (χ2n) is 4.49. The summed E-state index contributed by atoms with van der Waals surface area (Å²) in [6.07, 6.45) is 0. The zero-order valence-electron chi connectivity index (χ0n) is 10.9. The van der Waals surface area contributed by atoms with Gasteiger partial charge < -0.3 is 15.3 Å². The molecule has 1 aromatic carbocycles. The fraction of sp³-hybridized carbons (Fsp3) is 0.462. The predicted molar refractivity (Wildman–Crippen MR) is 75.4 cm³/mol. The molecule has 0 aliphatic heterocycles. The number of hydrogen-bond acceptors (Lipinski definition) is 3. The first kappa shape index (κ1) is 15.0. The maximum absolute atomic E-state index is 11.4. The van der Waals surface area contributed by atoms with E-state index in [0.29, 0.717) is 13.1 Å². The van der Waals surface area contributed by atoms with E-state index in [2.05, 4.69) is 26.1 Å². The first-order valence-corrected chi connectivity index (χ1v) is 6.61. The van der Waals surface area contributed by atoms with Crippen molar-refractivity contribution in [2.24, 2.45) is 5.92 Å². The molecule has 0 saturated carbocycles. The van der Waals surface area contributed by atoms with Crippen molar-refractivity contribution in [3.63, 3.8) is 0 Å². The van der Waals surface area contributed by atoms with Crippen LogP contribution in [-0.4, -0.2) is 36.6 Å². The van der Waals surface area contributed by atoms with Crippen LogP contribution in [0.25, 0.3) is 0 Å². The summed E-state index contributed by atoms with van der Waals surface area (Å²) in [5, 5.41) is 12.1. The molecule has 1 aromatic rings. The van der Waals surface area contributed by atoms with E-state index in [4.69, 9.17) is 0 Å². The maximum Gasteiger partial charge on any atom is 0.223 e. The van der Waals surface area contributed by atoms with Gasteiger partial charge in [-0.25, -0.2) is 0 Å². The zero-order chi connectivity index (χ0) is 13.7. The van der Waals surface area contributed by atoms with Gasteiger partial charge in [0.25, 0.3) is 0 Å². The summed E-state index contributed by atoms with van der Waals surface area (Å²) in [6, 6.07) is 5.19. The Bertz CT molecular complexity index is 423. The Morgan fingerprint density at radius 3 is 2.83 bits per heavy atom. The summed E-state index contributed by atoms with van der Waals surface area (Å²) in [5.41, 5.74) is 1.00. The van der Waals surface area contributed by atoms with Crippen LogP contribution < -0.4 is 5.32 Å². The van der Waals surface area contributed by atoms with Crippen molar-refractivity contribution in [2.75, 3.05) is 20.6 Å². The van der Waals surface area contributed by atoms with E-state index in [1.54, 1.807) is 19.2 Å². The third-order valence-electron chi connectivity index (χ3n) is 2.75. The molecule has 1 unspecified atom stereocenters. The molecule has 0 aromatic heterocycles. The number of carbonyl (C=O) groups excluding carboxylic acids is 1. The van der Waals surface area contributed by atoms with Gasteiger partial charge in [0.2, 0.25) is 5.91 Å². The van der Waals surface area contributed by atoms with Crippen molar-refractivity contribution in [1.82, 2.24) is 10.2 Å². The molecule has 18 heavy (non-hydrogen) atoms. The number of nitrogens with zero attached hydrogens (tertiary/aromatic N) is 1. The van der Waals surface area contributed by atoms with E-state index in [-0.39, 0.29) is 17.6 Å². The van der Waals surface area contributed by atoms with Crippen molar-refractivity contribution in [1.29, 1.82) is 0 Å². The second-order valence-corrected chi connectivity index (χ2v) is 5.34.